The fraction of sp³-hybridized carbons (Fsp3) is 0.115. The van der Waals surface area contributed by atoms with Crippen molar-refractivity contribution in [2.75, 3.05) is 4.90 Å². The molecule has 3 aromatic carbocycles. The minimum absolute atomic E-state index is 0.245. The highest BCUT2D eigenvalue weighted by molar-refractivity contribution is 6.36. The molecule has 0 spiro atoms. The van der Waals surface area contributed by atoms with Gasteiger partial charge in [-0.05, 0) is 83.3 Å². The normalized spacial score (nSPS) is 14.6. The fourth-order valence-corrected chi connectivity index (χ4v) is 4.75. The van der Waals surface area contributed by atoms with E-state index in [1.165, 1.54) is 21.6 Å². The van der Waals surface area contributed by atoms with E-state index < -0.39 is 0 Å². The fourth-order valence-electron chi connectivity index (χ4n) is 4.75. The van der Waals surface area contributed by atoms with Crippen molar-refractivity contribution in [1.82, 2.24) is 4.98 Å². The summed E-state index contributed by atoms with van der Waals surface area (Å²) in [4.78, 5) is 32.0. The topological polar surface area (TPSA) is 50.3 Å². The Morgan fingerprint density at radius 2 is 1.23 bits per heavy atom. The molecule has 4 aromatic rings. The first kappa shape index (κ1) is 17.1. The number of nitrogens with zero attached hydrogens (tertiary/aromatic N) is 2. The smallest absolute Gasteiger partial charge is 0.265 e. The van der Waals surface area contributed by atoms with Gasteiger partial charge in [0, 0.05) is 28.9 Å². The van der Waals surface area contributed by atoms with Crippen LogP contribution in [0.25, 0.3) is 10.8 Å². The van der Waals surface area contributed by atoms with Gasteiger partial charge in [0.05, 0.1) is 5.69 Å². The summed E-state index contributed by atoms with van der Waals surface area (Å²) in [6.45, 7) is 0. The molecule has 1 aliphatic carbocycles. The number of rotatable bonds is 3. The van der Waals surface area contributed by atoms with Gasteiger partial charge in [-0.25, -0.2) is 4.90 Å². The van der Waals surface area contributed by atoms with Crippen molar-refractivity contribution >= 4 is 28.3 Å². The van der Waals surface area contributed by atoms with Crippen LogP contribution in [0.4, 0.5) is 5.69 Å². The summed E-state index contributed by atoms with van der Waals surface area (Å²) in [6.07, 6.45) is 6.28. The van der Waals surface area contributed by atoms with E-state index >= 15 is 0 Å². The molecule has 0 bridgehead atoms. The highest BCUT2D eigenvalue weighted by Gasteiger charge is 2.35. The second-order valence-corrected chi connectivity index (χ2v) is 7.94. The predicted molar refractivity (Wildman–Crippen MR) is 116 cm³/mol. The average Bonchev–Trinajstić information content (AvgIpc) is 3.20. The summed E-state index contributed by atoms with van der Waals surface area (Å²) in [5, 5.41) is 1.95. The second kappa shape index (κ2) is 6.36. The largest absolute Gasteiger partial charge is 0.268 e. The van der Waals surface area contributed by atoms with Crippen LogP contribution < -0.4 is 4.90 Å². The standard InChI is InChI=1S/C26H18N2O2/c29-25-21-9-5-18-3-4-19-6-10-22(24(21)23(18)19)26(30)28(25)20-7-1-16(2-8-20)15-17-11-13-27-14-12-17/h1-2,5-14H,3-4,15H2. The molecule has 0 radical (unpaired) electrons. The number of aryl methyl sites for hydroxylation is 2. The van der Waals surface area contributed by atoms with Crippen LogP contribution in [0.5, 0.6) is 0 Å². The molecular formula is C26H18N2O2. The number of pyridine rings is 1. The van der Waals surface area contributed by atoms with Crippen molar-refractivity contribution in [3.8, 4) is 0 Å². The lowest BCUT2D eigenvalue weighted by molar-refractivity contribution is 0.0893. The highest BCUT2D eigenvalue weighted by Crippen LogP contribution is 2.39. The summed E-state index contributed by atoms with van der Waals surface area (Å²) in [6, 6.07) is 19.5. The number of aromatic nitrogens is 1. The molecule has 1 aromatic heterocycles. The Kier molecular flexibility index (Phi) is 3.62. The maximum atomic E-state index is 13.3. The minimum Gasteiger partial charge on any atom is -0.268 e. The van der Waals surface area contributed by atoms with E-state index in [-0.39, 0.29) is 11.8 Å². The van der Waals surface area contributed by atoms with Crippen LogP contribution in [-0.2, 0) is 19.3 Å². The molecule has 144 valence electrons. The number of anilines is 1. The summed E-state index contributed by atoms with van der Waals surface area (Å²) in [7, 11) is 0. The van der Waals surface area contributed by atoms with Gasteiger partial charge in [0.15, 0.2) is 0 Å². The van der Waals surface area contributed by atoms with Crippen LogP contribution in [0.3, 0.4) is 0 Å². The Bertz CT molecular complexity index is 1280. The quantitative estimate of drug-likeness (QED) is 0.476. The van der Waals surface area contributed by atoms with Crippen molar-refractivity contribution in [3.63, 3.8) is 0 Å². The van der Waals surface area contributed by atoms with Crippen LogP contribution in [0.2, 0.25) is 0 Å². The Morgan fingerprint density at radius 1 is 0.667 bits per heavy atom. The van der Waals surface area contributed by atoms with Crippen LogP contribution in [-0.4, -0.2) is 16.8 Å². The lowest BCUT2D eigenvalue weighted by atomic mass is 9.91. The third-order valence-corrected chi connectivity index (χ3v) is 6.22. The van der Waals surface area contributed by atoms with Gasteiger partial charge in [-0.3, -0.25) is 14.6 Å². The first-order valence-corrected chi connectivity index (χ1v) is 10.1. The molecule has 0 fully saturated rings. The number of hydrogen-bond acceptors (Lipinski definition) is 3. The monoisotopic (exact) mass is 390 g/mol. The van der Waals surface area contributed by atoms with Crippen molar-refractivity contribution in [3.05, 3.63) is 106 Å². The third-order valence-electron chi connectivity index (χ3n) is 6.22. The molecule has 2 aliphatic rings. The van der Waals surface area contributed by atoms with Crippen LogP contribution in [0.1, 0.15) is 43.0 Å². The molecule has 2 amide bonds. The van der Waals surface area contributed by atoms with Gasteiger partial charge in [0.1, 0.15) is 0 Å². The van der Waals surface area contributed by atoms with E-state index in [0.29, 0.717) is 16.8 Å². The molecule has 0 unspecified atom stereocenters. The van der Waals surface area contributed by atoms with Crippen molar-refractivity contribution < 1.29 is 9.59 Å². The molecule has 1 aliphatic heterocycles. The van der Waals surface area contributed by atoms with E-state index in [1.54, 1.807) is 12.4 Å². The van der Waals surface area contributed by atoms with Crippen LogP contribution in [0, 0.1) is 0 Å². The molecule has 30 heavy (non-hydrogen) atoms. The van der Waals surface area contributed by atoms with Crippen molar-refractivity contribution in [2.45, 2.75) is 19.3 Å². The predicted octanol–water partition coefficient (Wildman–Crippen LogP) is 4.72. The Balaban J connectivity index is 1.40. The molecule has 0 saturated heterocycles. The number of amides is 2. The highest BCUT2D eigenvalue weighted by atomic mass is 16.2. The summed E-state index contributed by atoms with van der Waals surface area (Å²) < 4.78 is 0. The first-order chi connectivity index (χ1) is 14.7. The van der Waals surface area contributed by atoms with Gasteiger partial charge in [-0.2, -0.15) is 0 Å². The van der Waals surface area contributed by atoms with Gasteiger partial charge < -0.3 is 0 Å². The first-order valence-electron chi connectivity index (χ1n) is 10.1. The van der Waals surface area contributed by atoms with Gasteiger partial charge in [0.2, 0.25) is 0 Å². The minimum atomic E-state index is -0.245. The lowest BCUT2D eigenvalue weighted by Gasteiger charge is -2.27. The molecule has 2 heterocycles. The maximum Gasteiger partial charge on any atom is 0.265 e. The SMILES string of the molecule is O=C1c2ccc3c4c(ccc(c24)C(=O)N1c1ccc(Cc2ccncc2)cc1)CC3. The Labute approximate surface area is 173 Å². The third kappa shape index (κ3) is 2.43. The molecule has 6 rings (SSSR count). The van der Waals surface area contributed by atoms with Crippen LogP contribution in [0.15, 0.2) is 73.1 Å². The molecule has 0 saturated carbocycles. The number of carbonyl (C=O) groups is 2. The van der Waals surface area contributed by atoms with Gasteiger partial charge in [0.25, 0.3) is 11.8 Å². The van der Waals surface area contributed by atoms with Crippen LogP contribution >= 0.6 is 0 Å². The van der Waals surface area contributed by atoms with E-state index in [9.17, 15) is 9.59 Å². The van der Waals surface area contributed by atoms with Gasteiger partial charge in [-0.1, -0.05) is 24.3 Å². The molecule has 0 N–H and O–H groups in total. The van der Waals surface area contributed by atoms with E-state index in [1.807, 2.05) is 60.7 Å². The van der Waals surface area contributed by atoms with E-state index in [0.717, 1.165) is 35.6 Å². The number of benzene rings is 3. The molecule has 0 atom stereocenters. The molecule has 4 heteroatoms. The zero-order chi connectivity index (χ0) is 20.2. The summed E-state index contributed by atoms with van der Waals surface area (Å²) in [5.74, 6) is -0.491. The summed E-state index contributed by atoms with van der Waals surface area (Å²) >= 11 is 0. The Hall–Kier alpha value is -3.79. The molecular weight excluding hydrogens is 372 g/mol. The van der Waals surface area contributed by atoms with Gasteiger partial charge in [-0.15, -0.1) is 0 Å². The second-order valence-electron chi connectivity index (χ2n) is 7.94. The number of carbonyl (C=O) groups excluding carboxylic acids is 2. The van der Waals surface area contributed by atoms with Crippen molar-refractivity contribution in [1.29, 1.82) is 0 Å². The molecule has 4 nitrogen and oxygen atoms in total. The van der Waals surface area contributed by atoms with Gasteiger partial charge >= 0.3 is 0 Å². The Morgan fingerprint density at radius 3 is 1.83 bits per heavy atom. The number of imide groups is 1. The average molecular weight is 390 g/mol. The lowest BCUT2D eigenvalue weighted by Crippen LogP contribution is -2.40. The summed E-state index contributed by atoms with van der Waals surface area (Å²) in [5.41, 5.74) is 6.59. The maximum absolute atomic E-state index is 13.3. The zero-order valence-corrected chi connectivity index (χ0v) is 16.3. The zero-order valence-electron chi connectivity index (χ0n) is 16.3. The van der Waals surface area contributed by atoms with Crippen molar-refractivity contribution in [2.24, 2.45) is 0 Å². The van der Waals surface area contributed by atoms with E-state index in [2.05, 4.69) is 4.98 Å². The number of hydrogen-bond donors (Lipinski definition) is 0. The van der Waals surface area contributed by atoms with E-state index in [4.69, 9.17) is 0 Å².